The monoisotopic (exact) mass is 363 g/mol. The summed E-state index contributed by atoms with van der Waals surface area (Å²) in [5, 5.41) is 13.2. The Labute approximate surface area is 161 Å². The highest BCUT2D eigenvalue weighted by molar-refractivity contribution is 6.01. The van der Waals surface area contributed by atoms with E-state index in [1.54, 1.807) is 0 Å². The highest BCUT2D eigenvalue weighted by Gasteiger charge is 2.78. The standard InChI is InChI=1S/C24H29NO2/c1-22(2)9-15-4-3-14(12-26)5-19(15)20(25-22)8-21(27)23-10-17-6-16-7-18(11-23)24(16,17)13-23/h3-5,8,16-18,25-26H,6-7,9-13H2,1-2H3/b20-8-. The van der Waals surface area contributed by atoms with Crippen LogP contribution in [0.2, 0.25) is 0 Å². The molecule has 2 unspecified atom stereocenters. The van der Waals surface area contributed by atoms with Gasteiger partial charge in [-0.1, -0.05) is 12.1 Å². The molecular weight excluding hydrogens is 334 g/mol. The second-order valence-electron chi connectivity index (χ2n) is 10.8. The van der Waals surface area contributed by atoms with Crippen LogP contribution < -0.4 is 5.32 Å². The Bertz CT molecular complexity index is 880. The number of allylic oxidation sites excluding steroid dienone is 1. The van der Waals surface area contributed by atoms with Gasteiger partial charge in [0.1, 0.15) is 0 Å². The lowest BCUT2D eigenvalue weighted by atomic mass is 9.38. The number of fused-ring (bicyclic) bond motifs is 2. The minimum atomic E-state index is -0.0778. The summed E-state index contributed by atoms with van der Waals surface area (Å²) in [5.41, 5.74) is 4.67. The average Bonchev–Trinajstić information content (AvgIpc) is 3.09. The van der Waals surface area contributed by atoms with E-state index in [1.807, 2.05) is 12.1 Å². The van der Waals surface area contributed by atoms with Gasteiger partial charge in [0.25, 0.3) is 0 Å². The van der Waals surface area contributed by atoms with Gasteiger partial charge in [0.05, 0.1) is 6.61 Å². The Morgan fingerprint density at radius 3 is 2.59 bits per heavy atom. The first-order chi connectivity index (χ1) is 12.9. The third-order valence-corrected chi connectivity index (χ3v) is 8.89. The number of carbonyl (C=O) groups excluding carboxylic acids is 1. The Morgan fingerprint density at radius 2 is 1.96 bits per heavy atom. The highest BCUT2D eigenvalue weighted by Crippen LogP contribution is 2.84. The smallest absolute Gasteiger partial charge is 0.163 e. The van der Waals surface area contributed by atoms with Crippen LogP contribution in [0, 0.1) is 28.6 Å². The zero-order valence-electron chi connectivity index (χ0n) is 16.3. The zero-order chi connectivity index (χ0) is 18.6. The summed E-state index contributed by atoms with van der Waals surface area (Å²) in [6.07, 6.45) is 9.06. The third-order valence-electron chi connectivity index (χ3n) is 8.89. The summed E-state index contributed by atoms with van der Waals surface area (Å²) in [5.74, 6) is 2.97. The Kier molecular flexibility index (Phi) is 2.94. The SMILES string of the molecule is CC1(C)Cc2ccc(CO)cc2/C(=C/C(=O)C23CC4CC5CC(C2)C54C3)N1. The molecule has 2 atom stereocenters. The lowest BCUT2D eigenvalue weighted by molar-refractivity contribution is -0.177. The van der Waals surface area contributed by atoms with Gasteiger partial charge < -0.3 is 10.4 Å². The predicted molar refractivity (Wildman–Crippen MR) is 105 cm³/mol. The summed E-state index contributed by atoms with van der Waals surface area (Å²) in [7, 11) is 0. The summed E-state index contributed by atoms with van der Waals surface area (Å²) >= 11 is 0. The third kappa shape index (κ3) is 1.94. The second kappa shape index (κ2) is 4.86. The number of carbonyl (C=O) groups is 1. The van der Waals surface area contributed by atoms with Crippen molar-refractivity contribution in [1.29, 1.82) is 0 Å². The molecule has 2 bridgehead atoms. The first-order valence-electron chi connectivity index (χ1n) is 10.6. The van der Waals surface area contributed by atoms with E-state index >= 15 is 0 Å². The van der Waals surface area contributed by atoms with Gasteiger partial charge in [0.15, 0.2) is 5.78 Å². The number of aliphatic hydroxyl groups is 1. The predicted octanol–water partition coefficient (Wildman–Crippen LogP) is 3.84. The Balaban J connectivity index is 1.38. The molecule has 1 aromatic carbocycles. The van der Waals surface area contributed by atoms with Crippen molar-refractivity contribution in [3.05, 3.63) is 41.0 Å². The molecule has 0 radical (unpaired) electrons. The molecule has 4 fully saturated rings. The van der Waals surface area contributed by atoms with E-state index in [2.05, 4.69) is 31.3 Å². The lowest BCUT2D eigenvalue weighted by Crippen LogP contribution is -2.59. The highest BCUT2D eigenvalue weighted by atomic mass is 16.3. The molecular formula is C24H29NO2. The number of aliphatic hydroxyl groups excluding tert-OH is 1. The second-order valence-corrected chi connectivity index (χ2v) is 10.8. The minimum Gasteiger partial charge on any atom is -0.392 e. The lowest BCUT2D eigenvalue weighted by Gasteiger charge is -2.66. The van der Waals surface area contributed by atoms with E-state index < -0.39 is 0 Å². The molecule has 1 aliphatic heterocycles. The molecule has 27 heavy (non-hydrogen) atoms. The summed E-state index contributed by atoms with van der Waals surface area (Å²) in [6, 6.07) is 6.18. The van der Waals surface area contributed by atoms with Crippen molar-refractivity contribution in [3.63, 3.8) is 0 Å². The molecule has 3 nitrogen and oxygen atoms in total. The van der Waals surface area contributed by atoms with Crippen LogP contribution in [0.25, 0.3) is 5.70 Å². The number of rotatable bonds is 3. The zero-order valence-corrected chi connectivity index (χ0v) is 16.3. The van der Waals surface area contributed by atoms with Crippen LogP contribution in [0.1, 0.15) is 62.6 Å². The normalized spacial score (nSPS) is 43.4. The molecule has 0 aromatic heterocycles. The Morgan fingerprint density at radius 1 is 1.22 bits per heavy atom. The van der Waals surface area contributed by atoms with Gasteiger partial charge in [-0.25, -0.2) is 0 Å². The number of ketones is 1. The van der Waals surface area contributed by atoms with E-state index in [4.69, 9.17) is 0 Å². The van der Waals surface area contributed by atoms with Gasteiger partial charge in [0, 0.05) is 28.3 Å². The van der Waals surface area contributed by atoms with E-state index in [0.29, 0.717) is 11.2 Å². The number of hydrogen-bond acceptors (Lipinski definition) is 3. The summed E-state index contributed by atoms with van der Waals surface area (Å²) < 4.78 is 0. The van der Waals surface area contributed by atoms with E-state index in [-0.39, 0.29) is 17.6 Å². The molecule has 4 saturated carbocycles. The van der Waals surface area contributed by atoms with Crippen LogP contribution in [-0.4, -0.2) is 16.4 Å². The van der Waals surface area contributed by atoms with Gasteiger partial charge in [-0.2, -0.15) is 0 Å². The average molecular weight is 364 g/mol. The fraction of sp³-hybridized carbons (Fsp3) is 0.625. The first-order valence-corrected chi connectivity index (χ1v) is 10.6. The van der Waals surface area contributed by atoms with E-state index in [0.717, 1.165) is 60.3 Å². The van der Waals surface area contributed by atoms with Crippen molar-refractivity contribution < 1.29 is 9.90 Å². The van der Waals surface area contributed by atoms with Crippen molar-refractivity contribution >= 4 is 11.5 Å². The van der Waals surface area contributed by atoms with Crippen molar-refractivity contribution in [3.8, 4) is 0 Å². The molecule has 0 saturated heterocycles. The molecule has 2 N–H and O–H groups in total. The molecule has 0 amide bonds. The maximum absolute atomic E-state index is 13.6. The molecule has 1 heterocycles. The molecule has 1 aromatic rings. The molecule has 3 heteroatoms. The van der Waals surface area contributed by atoms with Crippen LogP contribution >= 0.6 is 0 Å². The maximum atomic E-state index is 13.6. The molecule has 4 aliphatic carbocycles. The fourth-order valence-electron chi connectivity index (χ4n) is 7.84. The van der Waals surface area contributed by atoms with Gasteiger partial charge in [-0.3, -0.25) is 4.79 Å². The quantitative estimate of drug-likeness (QED) is 0.802. The van der Waals surface area contributed by atoms with Crippen LogP contribution in [-0.2, 0) is 17.8 Å². The van der Waals surface area contributed by atoms with Gasteiger partial charge >= 0.3 is 0 Å². The van der Waals surface area contributed by atoms with Crippen molar-refractivity contribution in [2.24, 2.45) is 28.6 Å². The van der Waals surface area contributed by atoms with Crippen LogP contribution in [0.3, 0.4) is 0 Å². The van der Waals surface area contributed by atoms with E-state index in [9.17, 15) is 9.90 Å². The largest absolute Gasteiger partial charge is 0.392 e. The fourth-order valence-corrected chi connectivity index (χ4v) is 7.84. The number of hydrogen-bond donors (Lipinski definition) is 2. The summed E-state index contributed by atoms with van der Waals surface area (Å²) in [6.45, 7) is 4.43. The number of benzene rings is 1. The van der Waals surface area contributed by atoms with Crippen LogP contribution in [0.4, 0.5) is 0 Å². The molecule has 142 valence electrons. The van der Waals surface area contributed by atoms with Crippen molar-refractivity contribution in [2.75, 3.05) is 0 Å². The number of nitrogens with one attached hydrogen (secondary N) is 1. The Hall–Kier alpha value is -1.61. The van der Waals surface area contributed by atoms with Crippen LogP contribution in [0.15, 0.2) is 24.3 Å². The molecule has 6 rings (SSSR count). The van der Waals surface area contributed by atoms with Gasteiger partial charge in [-0.05, 0) is 92.7 Å². The van der Waals surface area contributed by atoms with Gasteiger partial charge in [0.2, 0.25) is 0 Å². The first kappa shape index (κ1) is 16.4. The topological polar surface area (TPSA) is 49.3 Å². The summed E-state index contributed by atoms with van der Waals surface area (Å²) in [4.78, 5) is 13.6. The minimum absolute atomic E-state index is 0.0368. The van der Waals surface area contributed by atoms with Crippen molar-refractivity contribution in [2.45, 2.75) is 64.5 Å². The van der Waals surface area contributed by atoms with E-state index in [1.165, 1.54) is 18.4 Å². The molecule has 5 aliphatic rings. The molecule has 1 spiro atoms. The maximum Gasteiger partial charge on any atom is 0.163 e. The van der Waals surface area contributed by atoms with Gasteiger partial charge in [-0.15, -0.1) is 0 Å². The van der Waals surface area contributed by atoms with Crippen molar-refractivity contribution in [1.82, 2.24) is 5.32 Å². The van der Waals surface area contributed by atoms with Crippen LogP contribution in [0.5, 0.6) is 0 Å².